The van der Waals surface area contributed by atoms with Gasteiger partial charge in [0.25, 0.3) is 5.56 Å². The lowest BCUT2D eigenvalue weighted by molar-refractivity contribution is 0.901. The minimum Gasteiger partial charge on any atom is -0.267 e. The van der Waals surface area contributed by atoms with Gasteiger partial charge in [0.2, 0.25) is 4.96 Å². The Balaban J connectivity index is 1.75. The van der Waals surface area contributed by atoms with E-state index in [1.54, 1.807) is 6.07 Å². The molecule has 0 atom stereocenters. The van der Waals surface area contributed by atoms with Crippen LogP contribution < -0.4 is 5.56 Å². The number of hydrogen-bond donors (Lipinski definition) is 0. The first kappa shape index (κ1) is 15.7. The monoisotopic (exact) mass is 365 g/mol. The Kier molecular flexibility index (Phi) is 4.17. The summed E-state index contributed by atoms with van der Waals surface area (Å²) in [7, 11) is 0. The Morgan fingerprint density at radius 1 is 1.00 bits per heavy atom. The molecule has 0 saturated heterocycles. The summed E-state index contributed by atoms with van der Waals surface area (Å²) in [5.74, 6) is 0. The van der Waals surface area contributed by atoms with Crippen molar-refractivity contribution in [3.8, 4) is 10.6 Å². The summed E-state index contributed by atoms with van der Waals surface area (Å²) in [6.45, 7) is 0. The normalized spacial score (nSPS) is 11.4. The molecule has 0 aliphatic carbocycles. The standard InChI is InChI=1S/C19H12ClN3OS/c20-15-8-4-7-14(11-15)18-22-23-17(24)12-16(21-19(23)25-18)10-9-13-5-2-1-3-6-13/h1-12H. The Morgan fingerprint density at radius 2 is 1.84 bits per heavy atom. The van der Waals surface area contributed by atoms with Crippen LogP contribution in [0.3, 0.4) is 0 Å². The number of benzene rings is 2. The fourth-order valence-corrected chi connectivity index (χ4v) is 3.50. The summed E-state index contributed by atoms with van der Waals surface area (Å²) in [6, 6.07) is 18.7. The van der Waals surface area contributed by atoms with E-state index in [0.717, 1.165) is 11.1 Å². The van der Waals surface area contributed by atoms with Crippen molar-refractivity contribution in [1.29, 1.82) is 0 Å². The first-order chi connectivity index (χ1) is 12.2. The summed E-state index contributed by atoms with van der Waals surface area (Å²) < 4.78 is 1.32. The van der Waals surface area contributed by atoms with Gasteiger partial charge in [-0.25, -0.2) is 4.98 Å². The predicted octanol–water partition coefficient (Wildman–Crippen LogP) is 4.64. The molecule has 0 aliphatic heterocycles. The van der Waals surface area contributed by atoms with E-state index in [9.17, 15) is 4.79 Å². The Morgan fingerprint density at radius 3 is 2.64 bits per heavy atom. The maximum absolute atomic E-state index is 12.3. The third-order valence-electron chi connectivity index (χ3n) is 3.58. The zero-order valence-electron chi connectivity index (χ0n) is 13.0. The van der Waals surface area contributed by atoms with E-state index >= 15 is 0 Å². The minimum absolute atomic E-state index is 0.206. The number of rotatable bonds is 3. The van der Waals surface area contributed by atoms with E-state index in [-0.39, 0.29) is 5.56 Å². The number of aromatic nitrogens is 3. The molecule has 2 aromatic carbocycles. The van der Waals surface area contributed by atoms with Crippen LogP contribution in [0.15, 0.2) is 65.5 Å². The molecule has 0 unspecified atom stereocenters. The molecule has 0 amide bonds. The lowest BCUT2D eigenvalue weighted by atomic mass is 10.2. The van der Waals surface area contributed by atoms with Crippen LogP contribution in [0.25, 0.3) is 27.7 Å². The SMILES string of the molecule is O=c1cc(C=Cc2ccccc2)nc2sc(-c3cccc(Cl)c3)nn12. The molecule has 6 heteroatoms. The highest BCUT2D eigenvalue weighted by atomic mass is 35.5. The van der Waals surface area contributed by atoms with Crippen molar-refractivity contribution in [3.05, 3.63) is 87.3 Å². The minimum atomic E-state index is -0.206. The van der Waals surface area contributed by atoms with Gasteiger partial charge < -0.3 is 0 Å². The van der Waals surface area contributed by atoms with E-state index in [0.29, 0.717) is 20.7 Å². The molecule has 0 radical (unpaired) electrons. The van der Waals surface area contributed by atoms with Gasteiger partial charge in [0, 0.05) is 16.7 Å². The van der Waals surface area contributed by atoms with Crippen LogP contribution in [-0.4, -0.2) is 14.6 Å². The van der Waals surface area contributed by atoms with Crippen molar-refractivity contribution < 1.29 is 0 Å². The molecule has 2 aromatic heterocycles. The van der Waals surface area contributed by atoms with Crippen molar-refractivity contribution in [2.24, 2.45) is 0 Å². The molecule has 25 heavy (non-hydrogen) atoms. The molecule has 4 rings (SSSR count). The Hall–Kier alpha value is -2.76. The van der Waals surface area contributed by atoms with Gasteiger partial charge in [-0.15, -0.1) is 0 Å². The topological polar surface area (TPSA) is 47.3 Å². The summed E-state index contributed by atoms with van der Waals surface area (Å²) >= 11 is 7.39. The first-order valence-electron chi connectivity index (χ1n) is 7.59. The molecule has 2 heterocycles. The van der Waals surface area contributed by atoms with Gasteiger partial charge in [-0.05, 0) is 23.8 Å². The van der Waals surface area contributed by atoms with Crippen molar-refractivity contribution in [2.45, 2.75) is 0 Å². The van der Waals surface area contributed by atoms with Crippen LogP contribution in [0.5, 0.6) is 0 Å². The quantitative estimate of drug-likeness (QED) is 0.531. The maximum atomic E-state index is 12.3. The fourth-order valence-electron chi connectivity index (χ4n) is 2.40. The van der Waals surface area contributed by atoms with Gasteiger partial charge in [0.1, 0.15) is 5.01 Å². The van der Waals surface area contributed by atoms with Crippen LogP contribution in [0.4, 0.5) is 0 Å². The number of nitrogens with zero attached hydrogens (tertiary/aromatic N) is 3. The van der Waals surface area contributed by atoms with Gasteiger partial charge in [0.15, 0.2) is 0 Å². The van der Waals surface area contributed by atoms with E-state index in [4.69, 9.17) is 11.6 Å². The van der Waals surface area contributed by atoms with Gasteiger partial charge >= 0.3 is 0 Å². The lowest BCUT2D eigenvalue weighted by Crippen LogP contribution is -2.14. The second-order valence-electron chi connectivity index (χ2n) is 5.38. The predicted molar refractivity (Wildman–Crippen MR) is 103 cm³/mol. The summed E-state index contributed by atoms with van der Waals surface area (Å²) in [5.41, 5.74) is 2.31. The zero-order valence-corrected chi connectivity index (χ0v) is 14.5. The van der Waals surface area contributed by atoms with Crippen molar-refractivity contribution in [3.63, 3.8) is 0 Å². The van der Waals surface area contributed by atoms with E-state index < -0.39 is 0 Å². The zero-order chi connectivity index (χ0) is 17.2. The number of hydrogen-bond acceptors (Lipinski definition) is 4. The summed E-state index contributed by atoms with van der Waals surface area (Å²) in [4.78, 5) is 17.4. The molecular formula is C19H12ClN3OS. The second kappa shape index (κ2) is 6.63. The summed E-state index contributed by atoms with van der Waals surface area (Å²) in [6.07, 6.45) is 3.76. The Labute approximate surface area is 152 Å². The third-order valence-corrected chi connectivity index (χ3v) is 4.78. The van der Waals surface area contributed by atoms with Crippen molar-refractivity contribution in [2.75, 3.05) is 0 Å². The van der Waals surface area contributed by atoms with Crippen LogP contribution in [0.1, 0.15) is 11.3 Å². The highest BCUT2D eigenvalue weighted by Gasteiger charge is 2.10. The van der Waals surface area contributed by atoms with Crippen LogP contribution in [-0.2, 0) is 0 Å². The molecule has 0 saturated carbocycles. The molecule has 0 aliphatic rings. The molecule has 122 valence electrons. The van der Waals surface area contributed by atoms with Crippen molar-refractivity contribution >= 4 is 40.1 Å². The molecule has 0 spiro atoms. The molecule has 0 bridgehead atoms. The molecule has 0 N–H and O–H groups in total. The molecule has 0 fully saturated rings. The van der Waals surface area contributed by atoms with Crippen LogP contribution in [0.2, 0.25) is 5.02 Å². The van der Waals surface area contributed by atoms with Gasteiger partial charge in [-0.3, -0.25) is 4.79 Å². The number of halogens is 1. The Bertz CT molecular complexity index is 1130. The molecule has 4 nitrogen and oxygen atoms in total. The van der Waals surface area contributed by atoms with Crippen molar-refractivity contribution in [1.82, 2.24) is 14.6 Å². The largest absolute Gasteiger partial charge is 0.275 e. The summed E-state index contributed by atoms with van der Waals surface area (Å²) in [5, 5.41) is 5.69. The average Bonchev–Trinajstić information content (AvgIpc) is 3.06. The highest BCUT2D eigenvalue weighted by Crippen LogP contribution is 2.26. The van der Waals surface area contributed by atoms with Gasteiger partial charge in [-0.1, -0.05) is 71.5 Å². The highest BCUT2D eigenvalue weighted by molar-refractivity contribution is 7.19. The smallest absolute Gasteiger partial charge is 0.267 e. The number of fused-ring (bicyclic) bond motifs is 1. The molecule has 4 aromatic rings. The van der Waals surface area contributed by atoms with Gasteiger partial charge in [0.05, 0.1) is 5.69 Å². The fraction of sp³-hybridized carbons (Fsp3) is 0. The van der Waals surface area contributed by atoms with E-state index in [1.165, 1.54) is 21.9 Å². The van der Waals surface area contributed by atoms with Crippen LogP contribution >= 0.6 is 22.9 Å². The average molecular weight is 366 g/mol. The first-order valence-corrected chi connectivity index (χ1v) is 8.78. The molecular weight excluding hydrogens is 354 g/mol. The lowest BCUT2D eigenvalue weighted by Gasteiger charge is -1.94. The van der Waals surface area contributed by atoms with Crippen LogP contribution in [0, 0.1) is 0 Å². The second-order valence-corrected chi connectivity index (χ2v) is 6.77. The van der Waals surface area contributed by atoms with Gasteiger partial charge in [-0.2, -0.15) is 9.61 Å². The van der Waals surface area contributed by atoms with E-state index in [2.05, 4.69) is 10.1 Å². The van der Waals surface area contributed by atoms with E-state index in [1.807, 2.05) is 60.7 Å². The maximum Gasteiger partial charge on any atom is 0.275 e. The third kappa shape index (κ3) is 3.38.